The summed E-state index contributed by atoms with van der Waals surface area (Å²) in [6.45, 7) is 18.0. The van der Waals surface area contributed by atoms with Crippen LogP contribution in [0.1, 0.15) is 41.0 Å². The molecule has 0 rings (SSSR count). The SMILES string of the molecule is C=C/C=C\C(=C)CC(C)(C)/C(C)=N/I.CC. The lowest BCUT2D eigenvalue weighted by Crippen LogP contribution is -2.21. The number of nitrogens with zero attached hydrogens (tertiary/aromatic N) is 1. The normalized spacial score (nSPS) is 12.0. The minimum absolute atomic E-state index is 0.0871. The Morgan fingerprint density at radius 3 is 2.25 bits per heavy atom. The van der Waals surface area contributed by atoms with Crippen molar-refractivity contribution in [3.05, 3.63) is 37.0 Å². The second-order valence-corrected chi connectivity index (χ2v) is 4.47. The fourth-order valence-electron chi connectivity index (χ4n) is 1.07. The molecule has 0 aliphatic heterocycles. The van der Waals surface area contributed by atoms with Gasteiger partial charge in [-0.05, 0) is 13.3 Å². The van der Waals surface area contributed by atoms with Gasteiger partial charge in [0.2, 0.25) is 0 Å². The molecule has 0 unspecified atom stereocenters. The lowest BCUT2D eigenvalue weighted by molar-refractivity contribution is 0.522. The fourth-order valence-corrected chi connectivity index (χ4v) is 1.73. The first kappa shape index (κ1) is 18.0. The fraction of sp³-hybridized carbons (Fsp3) is 0.500. The van der Waals surface area contributed by atoms with Crippen LogP contribution in [-0.4, -0.2) is 5.71 Å². The van der Waals surface area contributed by atoms with Crippen molar-refractivity contribution in [1.82, 2.24) is 0 Å². The van der Waals surface area contributed by atoms with Gasteiger partial charge >= 0.3 is 0 Å². The molecule has 2 heteroatoms. The summed E-state index contributed by atoms with van der Waals surface area (Å²) in [5.41, 5.74) is 2.34. The van der Waals surface area contributed by atoms with Gasteiger partial charge in [-0.15, -0.1) is 0 Å². The molecule has 0 radical (unpaired) electrons. The number of hydrogen-bond acceptors (Lipinski definition) is 1. The average Bonchev–Trinajstić information content (AvgIpc) is 2.27. The number of rotatable bonds is 5. The lowest BCUT2D eigenvalue weighted by atomic mass is 9.82. The largest absolute Gasteiger partial charge is 0.224 e. The van der Waals surface area contributed by atoms with Crippen molar-refractivity contribution >= 4 is 28.6 Å². The molecule has 0 saturated carbocycles. The second kappa shape index (κ2) is 9.82. The molecule has 0 bridgehead atoms. The molecule has 0 N–H and O–H groups in total. The molecule has 92 valence electrons. The van der Waals surface area contributed by atoms with Crippen LogP contribution in [-0.2, 0) is 0 Å². The Morgan fingerprint density at radius 1 is 1.38 bits per heavy atom. The minimum atomic E-state index is 0.0871. The van der Waals surface area contributed by atoms with Gasteiger partial charge in [-0.3, -0.25) is 0 Å². The zero-order chi connectivity index (χ0) is 13.2. The van der Waals surface area contributed by atoms with E-state index in [-0.39, 0.29) is 5.41 Å². The first-order chi connectivity index (χ1) is 7.44. The van der Waals surface area contributed by atoms with E-state index in [4.69, 9.17) is 0 Å². The quantitative estimate of drug-likeness (QED) is 0.356. The van der Waals surface area contributed by atoms with Gasteiger partial charge in [0.1, 0.15) is 0 Å². The highest BCUT2D eigenvalue weighted by Crippen LogP contribution is 2.27. The monoisotopic (exact) mass is 333 g/mol. The third-order valence-corrected chi connectivity index (χ3v) is 2.97. The standard InChI is InChI=1S/C12H18IN.C2H6/c1-6-7-8-10(2)9-12(4,5)11(3)14-13;1-2/h6-8H,1-2,9H2,3-5H3;1-2H3/b8-7-,14-11+;. The van der Waals surface area contributed by atoms with E-state index in [1.165, 1.54) is 0 Å². The summed E-state index contributed by atoms with van der Waals surface area (Å²) in [5.74, 6) is 0. The Morgan fingerprint density at radius 2 is 1.88 bits per heavy atom. The molecule has 0 aromatic heterocycles. The topological polar surface area (TPSA) is 12.4 Å². The van der Waals surface area contributed by atoms with Crippen LogP contribution in [0.5, 0.6) is 0 Å². The summed E-state index contributed by atoms with van der Waals surface area (Å²) in [6, 6.07) is 0. The highest BCUT2D eigenvalue weighted by atomic mass is 127. The minimum Gasteiger partial charge on any atom is -0.224 e. The third kappa shape index (κ3) is 7.85. The molecule has 0 fully saturated rings. The van der Waals surface area contributed by atoms with Crippen molar-refractivity contribution in [2.24, 2.45) is 8.62 Å². The van der Waals surface area contributed by atoms with Gasteiger partial charge in [0.15, 0.2) is 0 Å². The van der Waals surface area contributed by atoms with Crippen LogP contribution >= 0.6 is 22.9 Å². The van der Waals surface area contributed by atoms with Crippen molar-refractivity contribution in [2.45, 2.75) is 41.0 Å². The highest BCUT2D eigenvalue weighted by molar-refractivity contribution is 14.1. The van der Waals surface area contributed by atoms with Gasteiger partial charge in [0.25, 0.3) is 0 Å². The third-order valence-electron chi connectivity index (χ3n) is 2.24. The van der Waals surface area contributed by atoms with Crippen molar-refractivity contribution in [3.63, 3.8) is 0 Å². The van der Waals surface area contributed by atoms with Crippen molar-refractivity contribution < 1.29 is 0 Å². The lowest BCUT2D eigenvalue weighted by Gasteiger charge is -2.24. The van der Waals surface area contributed by atoms with Crippen molar-refractivity contribution in [1.29, 1.82) is 0 Å². The number of hydrogen-bond donors (Lipinski definition) is 0. The maximum absolute atomic E-state index is 4.19. The zero-order valence-electron chi connectivity index (χ0n) is 11.2. The highest BCUT2D eigenvalue weighted by Gasteiger charge is 2.21. The van der Waals surface area contributed by atoms with Crippen LogP contribution in [0.3, 0.4) is 0 Å². The maximum Gasteiger partial charge on any atom is 0.0830 e. The van der Waals surface area contributed by atoms with E-state index in [2.05, 4.69) is 37.1 Å². The average molecular weight is 333 g/mol. The summed E-state index contributed by atoms with van der Waals surface area (Å²) in [5, 5.41) is 0. The van der Waals surface area contributed by atoms with Gasteiger partial charge in [0.05, 0.1) is 22.9 Å². The van der Waals surface area contributed by atoms with Crippen LogP contribution in [0, 0.1) is 5.41 Å². The van der Waals surface area contributed by atoms with Crippen molar-refractivity contribution in [2.75, 3.05) is 0 Å². The summed E-state index contributed by atoms with van der Waals surface area (Å²) >= 11 is 2.04. The van der Waals surface area contributed by atoms with E-state index in [0.29, 0.717) is 0 Å². The predicted octanol–water partition coefficient (Wildman–Crippen LogP) is 5.54. The summed E-state index contributed by atoms with van der Waals surface area (Å²) in [6.07, 6.45) is 6.59. The summed E-state index contributed by atoms with van der Waals surface area (Å²) in [4.78, 5) is 0. The Balaban J connectivity index is 0. The van der Waals surface area contributed by atoms with Gasteiger partial charge in [-0.1, -0.05) is 64.7 Å². The molecular formula is C14H24IN. The van der Waals surface area contributed by atoms with Gasteiger partial charge in [0, 0.05) is 11.1 Å². The molecule has 0 heterocycles. The van der Waals surface area contributed by atoms with E-state index in [0.717, 1.165) is 17.7 Å². The molecule has 0 aliphatic carbocycles. The molecule has 0 aromatic rings. The first-order valence-corrected chi connectivity index (χ1v) is 6.53. The molecule has 0 saturated heterocycles. The number of halogens is 1. The van der Waals surface area contributed by atoms with Gasteiger partial charge in [-0.25, -0.2) is 3.21 Å². The van der Waals surface area contributed by atoms with Crippen LogP contribution in [0.25, 0.3) is 0 Å². The van der Waals surface area contributed by atoms with E-state index in [1.807, 2.05) is 48.9 Å². The molecule has 0 amide bonds. The van der Waals surface area contributed by atoms with E-state index in [1.54, 1.807) is 6.08 Å². The van der Waals surface area contributed by atoms with Gasteiger partial charge in [-0.2, -0.15) is 0 Å². The zero-order valence-corrected chi connectivity index (χ0v) is 13.3. The molecular weight excluding hydrogens is 309 g/mol. The van der Waals surface area contributed by atoms with Crippen molar-refractivity contribution in [3.8, 4) is 0 Å². The maximum atomic E-state index is 4.19. The van der Waals surface area contributed by atoms with E-state index in [9.17, 15) is 0 Å². The van der Waals surface area contributed by atoms with E-state index >= 15 is 0 Å². The van der Waals surface area contributed by atoms with Crippen LogP contribution in [0.15, 0.2) is 40.2 Å². The van der Waals surface area contributed by atoms with Crippen LogP contribution in [0.2, 0.25) is 0 Å². The molecule has 16 heavy (non-hydrogen) atoms. The molecule has 0 atom stereocenters. The predicted molar refractivity (Wildman–Crippen MR) is 85.4 cm³/mol. The van der Waals surface area contributed by atoms with Gasteiger partial charge < -0.3 is 0 Å². The Kier molecular flexibility index (Phi) is 11.0. The first-order valence-electron chi connectivity index (χ1n) is 5.57. The second-order valence-electron chi connectivity index (χ2n) is 3.98. The Labute approximate surface area is 115 Å². The van der Waals surface area contributed by atoms with Crippen LogP contribution < -0.4 is 0 Å². The molecule has 1 nitrogen and oxygen atoms in total. The summed E-state index contributed by atoms with van der Waals surface area (Å²) < 4.78 is 4.19. The number of allylic oxidation sites excluding steroid dienone is 4. The van der Waals surface area contributed by atoms with Crippen LogP contribution in [0.4, 0.5) is 0 Å². The molecule has 0 aromatic carbocycles. The molecule has 0 spiro atoms. The Hall–Kier alpha value is -0.380. The molecule has 0 aliphatic rings. The Bertz CT molecular complexity index is 272. The smallest absolute Gasteiger partial charge is 0.0830 e. The summed E-state index contributed by atoms with van der Waals surface area (Å²) in [7, 11) is 0. The van der Waals surface area contributed by atoms with E-state index < -0.39 is 0 Å².